The molecule has 26 heavy (non-hydrogen) atoms. The van der Waals surface area contributed by atoms with Crippen molar-refractivity contribution in [2.45, 2.75) is 50.7 Å². The van der Waals surface area contributed by atoms with Crippen LogP contribution in [0.1, 0.15) is 43.5 Å². The molecule has 0 radical (unpaired) electrons. The number of amides is 1. The van der Waals surface area contributed by atoms with Gasteiger partial charge in [0.1, 0.15) is 5.82 Å². The lowest BCUT2D eigenvalue weighted by Crippen LogP contribution is -2.52. The van der Waals surface area contributed by atoms with Crippen LogP contribution in [0, 0.1) is 5.82 Å². The SMILES string of the molecule is CC1(C)C[C@H]2[C@H](CCCN2C(=O)c2ccccc2)N1c1ccc(F)cc1. The average Bonchev–Trinajstić information content (AvgIpc) is 2.92. The van der Waals surface area contributed by atoms with Gasteiger partial charge in [-0.2, -0.15) is 0 Å². The Morgan fingerprint density at radius 2 is 1.73 bits per heavy atom. The van der Waals surface area contributed by atoms with E-state index in [9.17, 15) is 9.18 Å². The van der Waals surface area contributed by atoms with Crippen LogP contribution in [0.5, 0.6) is 0 Å². The van der Waals surface area contributed by atoms with Crippen molar-refractivity contribution in [1.82, 2.24) is 4.90 Å². The molecule has 2 aliphatic rings. The van der Waals surface area contributed by atoms with Gasteiger partial charge in [0.25, 0.3) is 5.91 Å². The third-order valence-corrected chi connectivity index (χ3v) is 5.82. The summed E-state index contributed by atoms with van der Waals surface area (Å²) >= 11 is 0. The molecule has 0 aromatic heterocycles. The van der Waals surface area contributed by atoms with Crippen LogP contribution in [-0.4, -0.2) is 35.0 Å². The molecule has 3 nitrogen and oxygen atoms in total. The number of piperidine rings is 1. The molecule has 0 aliphatic carbocycles. The molecule has 4 heteroatoms. The molecular weight excluding hydrogens is 327 g/mol. The number of halogens is 1. The number of benzene rings is 2. The second kappa shape index (κ2) is 6.42. The number of carbonyl (C=O) groups is 1. The van der Waals surface area contributed by atoms with E-state index in [1.165, 1.54) is 12.1 Å². The number of rotatable bonds is 2. The first-order chi connectivity index (χ1) is 12.5. The molecule has 0 unspecified atom stereocenters. The maximum atomic E-state index is 13.4. The summed E-state index contributed by atoms with van der Waals surface area (Å²) in [6, 6.07) is 16.8. The van der Waals surface area contributed by atoms with Crippen molar-refractivity contribution in [1.29, 1.82) is 0 Å². The predicted octanol–water partition coefficient (Wildman–Crippen LogP) is 4.49. The summed E-state index contributed by atoms with van der Waals surface area (Å²) in [7, 11) is 0. The second-order valence-corrected chi connectivity index (χ2v) is 8.00. The van der Waals surface area contributed by atoms with Crippen LogP contribution in [0.2, 0.25) is 0 Å². The molecule has 1 amide bonds. The first kappa shape index (κ1) is 17.1. The average molecular weight is 352 g/mol. The van der Waals surface area contributed by atoms with Crippen LogP contribution < -0.4 is 4.90 Å². The van der Waals surface area contributed by atoms with Gasteiger partial charge in [-0.3, -0.25) is 4.79 Å². The minimum Gasteiger partial charge on any atom is -0.361 e. The zero-order valence-electron chi connectivity index (χ0n) is 15.4. The molecule has 2 heterocycles. The van der Waals surface area contributed by atoms with Crippen molar-refractivity contribution in [2.24, 2.45) is 0 Å². The molecular formula is C22H25FN2O. The van der Waals surface area contributed by atoms with Crippen molar-refractivity contribution < 1.29 is 9.18 Å². The molecule has 0 bridgehead atoms. The zero-order chi connectivity index (χ0) is 18.3. The van der Waals surface area contributed by atoms with Gasteiger partial charge < -0.3 is 9.80 Å². The van der Waals surface area contributed by atoms with Crippen LogP contribution in [-0.2, 0) is 0 Å². The predicted molar refractivity (Wildman–Crippen MR) is 102 cm³/mol. The Hall–Kier alpha value is -2.36. The van der Waals surface area contributed by atoms with E-state index in [2.05, 4.69) is 23.6 Å². The topological polar surface area (TPSA) is 23.6 Å². The van der Waals surface area contributed by atoms with E-state index in [4.69, 9.17) is 0 Å². The third-order valence-electron chi connectivity index (χ3n) is 5.82. The van der Waals surface area contributed by atoms with Crippen LogP contribution in [0.25, 0.3) is 0 Å². The van der Waals surface area contributed by atoms with Gasteiger partial charge in [-0.25, -0.2) is 4.39 Å². The van der Waals surface area contributed by atoms with Crippen LogP contribution in [0.4, 0.5) is 10.1 Å². The van der Waals surface area contributed by atoms with Crippen molar-refractivity contribution in [3.63, 3.8) is 0 Å². The lowest BCUT2D eigenvalue weighted by Gasteiger charge is -2.42. The Kier molecular flexibility index (Phi) is 4.22. The molecule has 0 saturated carbocycles. The Morgan fingerprint density at radius 1 is 1.04 bits per heavy atom. The number of fused-ring (bicyclic) bond motifs is 1. The lowest BCUT2D eigenvalue weighted by atomic mass is 9.93. The summed E-state index contributed by atoms with van der Waals surface area (Å²) < 4.78 is 13.4. The molecule has 136 valence electrons. The summed E-state index contributed by atoms with van der Waals surface area (Å²) in [5.41, 5.74) is 1.72. The van der Waals surface area contributed by atoms with Gasteiger partial charge in [-0.15, -0.1) is 0 Å². The Labute approximate surface area is 154 Å². The van der Waals surface area contributed by atoms with Crippen molar-refractivity contribution in [2.75, 3.05) is 11.4 Å². The molecule has 0 N–H and O–H groups in total. The van der Waals surface area contributed by atoms with E-state index >= 15 is 0 Å². The summed E-state index contributed by atoms with van der Waals surface area (Å²) in [6.45, 7) is 5.25. The molecule has 2 fully saturated rings. The zero-order valence-corrected chi connectivity index (χ0v) is 15.4. The summed E-state index contributed by atoms with van der Waals surface area (Å²) in [4.78, 5) is 17.6. The van der Waals surface area contributed by atoms with E-state index in [0.29, 0.717) is 0 Å². The maximum absolute atomic E-state index is 13.4. The highest BCUT2D eigenvalue weighted by Crippen LogP contribution is 2.44. The van der Waals surface area contributed by atoms with E-state index in [-0.39, 0.29) is 29.3 Å². The molecule has 2 aliphatic heterocycles. The number of hydrogen-bond acceptors (Lipinski definition) is 2. The van der Waals surface area contributed by atoms with Crippen molar-refractivity contribution in [3.05, 3.63) is 66.0 Å². The van der Waals surface area contributed by atoms with Crippen LogP contribution in [0.3, 0.4) is 0 Å². The highest BCUT2D eigenvalue weighted by atomic mass is 19.1. The monoisotopic (exact) mass is 352 g/mol. The van der Waals surface area contributed by atoms with Gasteiger partial charge >= 0.3 is 0 Å². The first-order valence-corrected chi connectivity index (χ1v) is 9.38. The minimum atomic E-state index is -0.216. The second-order valence-electron chi connectivity index (χ2n) is 8.00. The maximum Gasteiger partial charge on any atom is 0.254 e. The van der Waals surface area contributed by atoms with E-state index in [1.54, 1.807) is 0 Å². The lowest BCUT2D eigenvalue weighted by molar-refractivity contribution is 0.0605. The molecule has 0 spiro atoms. The van der Waals surface area contributed by atoms with E-state index < -0.39 is 0 Å². The fourth-order valence-corrected chi connectivity index (χ4v) is 4.78. The van der Waals surface area contributed by atoms with Gasteiger partial charge in [-0.05, 0) is 69.5 Å². The summed E-state index contributed by atoms with van der Waals surface area (Å²) in [6.07, 6.45) is 2.98. The van der Waals surface area contributed by atoms with E-state index in [1.807, 2.05) is 42.5 Å². The van der Waals surface area contributed by atoms with Crippen LogP contribution >= 0.6 is 0 Å². The standard InChI is InChI=1S/C22H25FN2O/c1-22(2)15-20-19(25(22)18-12-10-17(23)11-13-18)9-6-14-24(20)21(26)16-7-4-3-5-8-16/h3-5,7-8,10-13,19-20H,6,9,14-15H2,1-2H3/t19-,20-/m0/s1. The van der Waals surface area contributed by atoms with Gasteiger partial charge in [0.2, 0.25) is 0 Å². The number of carbonyl (C=O) groups excluding carboxylic acids is 1. The van der Waals surface area contributed by atoms with Gasteiger partial charge in [0.05, 0.1) is 12.1 Å². The van der Waals surface area contributed by atoms with Crippen molar-refractivity contribution >= 4 is 11.6 Å². The Morgan fingerprint density at radius 3 is 2.42 bits per heavy atom. The highest BCUT2D eigenvalue weighted by molar-refractivity contribution is 5.94. The van der Waals surface area contributed by atoms with E-state index in [0.717, 1.165) is 37.1 Å². The molecule has 2 aromatic carbocycles. The number of likely N-dealkylation sites (tertiary alicyclic amines) is 1. The first-order valence-electron chi connectivity index (χ1n) is 9.38. The quantitative estimate of drug-likeness (QED) is 0.795. The number of anilines is 1. The highest BCUT2D eigenvalue weighted by Gasteiger charge is 2.50. The van der Waals surface area contributed by atoms with Crippen LogP contribution in [0.15, 0.2) is 54.6 Å². The number of nitrogens with zero attached hydrogens (tertiary/aromatic N) is 2. The minimum absolute atomic E-state index is 0.0767. The van der Waals surface area contributed by atoms with Crippen molar-refractivity contribution in [3.8, 4) is 0 Å². The molecule has 2 aromatic rings. The normalized spacial score (nSPS) is 24.4. The Bertz CT molecular complexity index is 788. The van der Waals surface area contributed by atoms with Gasteiger partial charge in [-0.1, -0.05) is 18.2 Å². The third kappa shape index (κ3) is 2.87. The fourth-order valence-electron chi connectivity index (χ4n) is 4.78. The smallest absolute Gasteiger partial charge is 0.254 e. The fraction of sp³-hybridized carbons (Fsp3) is 0.409. The largest absolute Gasteiger partial charge is 0.361 e. The summed E-state index contributed by atoms with van der Waals surface area (Å²) in [5, 5.41) is 0. The molecule has 2 saturated heterocycles. The molecule has 2 atom stereocenters. The van der Waals surface area contributed by atoms with Gasteiger partial charge in [0, 0.05) is 23.3 Å². The molecule has 4 rings (SSSR count). The number of hydrogen-bond donors (Lipinski definition) is 0. The van der Waals surface area contributed by atoms with Gasteiger partial charge in [0.15, 0.2) is 0 Å². The summed E-state index contributed by atoms with van der Waals surface area (Å²) in [5.74, 6) is -0.0936. The Balaban J connectivity index is 1.66.